The number of benzene rings is 1. The van der Waals surface area contributed by atoms with Crippen molar-refractivity contribution >= 4 is 5.91 Å². The first-order chi connectivity index (χ1) is 9.91. The molecule has 3 nitrogen and oxygen atoms in total. The van der Waals surface area contributed by atoms with Crippen molar-refractivity contribution in [3.8, 4) is 0 Å². The predicted molar refractivity (Wildman–Crippen MR) is 87.4 cm³/mol. The summed E-state index contributed by atoms with van der Waals surface area (Å²) in [6.07, 6.45) is 4.59. The zero-order valence-corrected chi connectivity index (χ0v) is 13.5. The van der Waals surface area contributed by atoms with E-state index < -0.39 is 0 Å². The van der Waals surface area contributed by atoms with Gasteiger partial charge in [0.15, 0.2) is 0 Å². The molecule has 21 heavy (non-hydrogen) atoms. The minimum atomic E-state index is 0.0285. The molecule has 2 rings (SSSR count). The van der Waals surface area contributed by atoms with Gasteiger partial charge in [0.2, 0.25) is 0 Å². The van der Waals surface area contributed by atoms with E-state index in [9.17, 15) is 4.79 Å². The first-order valence-corrected chi connectivity index (χ1v) is 8.03. The lowest BCUT2D eigenvalue weighted by molar-refractivity contribution is 0.0908. The number of hydrogen-bond donors (Lipinski definition) is 2. The number of carbonyl (C=O) groups excluding carboxylic acids is 1. The molecule has 3 heteroatoms. The SMILES string of the molecule is CC(C)(C)c1ccc(C(=O)NC2CCCCC2CN)cc1. The molecule has 0 spiro atoms. The van der Waals surface area contributed by atoms with E-state index in [4.69, 9.17) is 5.73 Å². The largest absolute Gasteiger partial charge is 0.349 e. The maximum absolute atomic E-state index is 12.4. The van der Waals surface area contributed by atoms with Crippen molar-refractivity contribution in [2.24, 2.45) is 11.7 Å². The molecule has 1 aliphatic carbocycles. The standard InChI is InChI=1S/C18H28N2O/c1-18(2,3)15-10-8-13(9-11-15)17(21)20-16-7-5-4-6-14(16)12-19/h8-11,14,16H,4-7,12,19H2,1-3H3,(H,20,21). The topological polar surface area (TPSA) is 55.1 Å². The molecule has 2 atom stereocenters. The van der Waals surface area contributed by atoms with Gasteiger partial charge in [-0.3, -0.25) is 4.79 Å². The summed E-state index contributed by atoms with van der Waals surface area (Å²) >= 11 is 0. The summed E-state index contributed by atoms with van der Waals surface area (Å²) in [6.45, 7) is 7.19. The van der Waals surface area contributed by atoms with Crippen LogP contribution in [0.25, 0.3) is 0 Å². The van der Waals surface area contributed by atoms with E-state index in [1.54, 1.807) is 0 Å². The molecular formula is C18H28N2O. The summed E-state index contributed by atoms with van der Waals surface area (Å²) in [5, 5.41) is 3.18. The fraction of sp³-hybridized carbons (Fsp3) is 0.611. The van der Waals surface area contributed by atoms with Crippen LogP contribution in [0.1, 0.15) is 62.4 Å². The lowest BCUT2D eigenvalue weighted by Gasteiger charge is -2.31. The number of nitrogens with two attached hydrogens (primary N) is 1. The fourth-order valence-electron chi connectivity index (χ4n) is 3.05. The normalized spacial score (nSPS) is 22.9. The smallest absolute Gasteiger partial charge is 0.251 e. The van der Waals surface area contributed by atoms with E-state index in [-0.39, 0.29) is 17.4 Å². The quantitative estimate of drug-likeness (QED) is 0.897. The minimum absolute atomic E-state index is 0.0285. The van der Waals surface area contributed by atoms with E-state index in [2.05, 4.69) is 38.2 Å². The molecule has 0 radical (unpaired) electrons. The van der Waals surface area contributed by atoms with Crippen LogP contribution in [0.3, 0.4) is 0 Å². The Hall–Kier alpha value is -1.35. The maximum atomic E-state index is 12.4. The number of carbonyl (C=O) groups is 1. The molecule has 0 bridgehead atoms. The van der Waals surface area contributed by atoms with Crippen molar-refractivity contribution in [1.82, 2.24) is 5.32 Å². The molecule has 3 N–H and O–H groups in total. The zero-order chi connectivity index (χ0) is 15.5. The fourth-order valence-corrected chi connectivity index (χ4v) is 3.05. The molecule has 0 aliphatic heterocycles. The molecule has 1 aliphatic rings. The molecule has 1 aromatic rings. The van der Waals surface area contributed by atoms with Gasteiger partial charge in [-0.05, 0) is 48.4 Å². The van der Waals surface area contributed by atoms with Crippen LogP contribution < -0.4 is 11.1 Å². The van der Waals surface area contributed by atoms with Gasteiger partial charge < -0.3 is 11.1 Å². The van der Waals surface area contributed by atoms with Crippen molar-refractivity contribution in [3.05, 3.63) is 35.4 Å². The lowest BCUT2D eigenvalue weighted by atomic mass is 9.84. The molecule has 0 heterocycles. The van der Waals surface area contributed by atoms with Crippen LogP contribution in [0.2, 0.25) is 0 Å². The van der Waals surface area contributed by atoms with E-state index in [0.717, 1.165) is 18.4 Å². The van der Waals surface area contributed by atoms with Gasteiger partial charge >= 0.3 is 0 Å². The van der Waals surface area contributed by atoms with Crippen molar-refractivity contribution < 1.29 is 4.79 Å². The van der Waals surface area contributed by atoms with Crippen molar-refractivity contribution in [3.63, 3.8) is 0 Å². The second kappa shape index (κ2) is 6.61. The number of rotatable bonds is 3. The summed E-state index contributed by atoms with van der Waals surface area (Å²) in [7, 11) is 0. The van der Waals surface area contributed by atoms with E-state index in [1.807, 2.05) is 12.1 Å². The highest BCUT2D eigenvalue weighted by Gasteiger charge is 2.25. The second-order valence-corrected chi connectivity index (χ2v) is 7.19. The molecule has 0 aromatic heterocycles. The molecule has 0 saturated heterocycles. The first-order valence-electron chi connectivity index (χ1n) is 8.03. The van der Waals surface area contributed by atoms with Gasteiger partial charge in [-0.1, -0.05) is 45.7 Å². The highest BCUT2D eigenvalue weighted by molar-refractivity contribution is 5.94. The predicted octanol–water partition coefficient (Wildman–Crippen LogP) is 3.23. The van der Waals surface area contributed by atoms with Gasteiger partial charge in [-0.15, -0.1) is 0 Å². The average molecular weight is 288 g/mol. The summed E-state index contributed by atoms with van der Waals surface area (Å²) in [6, 6.07) is 8.19. The number of hydrogen-bond acceptors (Lipinski definition) is 2. The summed E-state index contributed by atoms with van der Waals surface area (Å²) in [4.78, 5) is 12.4. The summed E-state index contributed by atoms with van der Waals surface area (Å²) < 4.78 is 0. The van der Waals surface area contributed by atoms with Gasteiger partial charge in [0.25, 0.3) is 5.91 Å². The monoisotopic (exact) mass is 288 g/mol. The minimum Gasteiger partial charge on any atom is -0.349 e. The number of amides is 1. The van der Waals surface area contributed by atoms with Gasteiger partial charge in [-0.25, -0.2) is 0 Å². The van der Waals surface area contributed by atoms with Gasteiger partial charge in [0.1, 0.15) is 0 Å². The highest BCUT2D eigenvalue weighted by atomic mass is 16.1. The Bertz CT molecular complexity index is 473. The Labute approximate surface area is 128 Å². The van der Waals surface area contributed by atoms with Crippen LogP contribution in [0.15, 0.2) is 24.3 Å². The molecule has 1 saturated carbocycles. The Morgan fingerprint density at radius 3 is 2.38 bits per heavy atom. The van der Waals surface area contributed by atoms with Crippen molar-refractivity contribution in [2.45, 2.75) is 57.9 Å². The maximum Gasteiger partial charge on any atom is 0.251 e. The van der Waals surface area contributed by atoms with Crippen LogP contribution in [-0.2, 0) is 5.41 Å². The zero-order valence-electron chi connectivity index (χ0n) is 13.5. The van der Waals surface area contributed by atoms with Crippen LogP contribution in [0.4, 0.5) is 0 Å². The Kier molecular flexibility index (Phi) is 5.04. The van der Waals surface area contributed by atoms with E-state index in [1.165, 1.54) is 18.4 Å². The van der Waals surface area contributed by atoms with Crippen molar-refractivity contribution in [2.75, 3.05) is 6.54 Å². The van der Waals surface area contributed by atoms with Crippen LogP contribution in [0.5, 0.6) is 0 Å². The Balaban J connectivity index is 2.03. The van der Waals surface area contributed by atoms with Crippen molar-refractivity contribution in [1.29, 1.82) is 0 Å². The molecule has 2 unspecified atom stereocenters. The first kappa shape index (κ1) is 16.0. The molecule has 1 fully saturated rings. The average Bonchev–Trinajstić information content (AvgIpc) is 2.47. The third-order valence-electron chi connectivity index (χ3n) is 4.54. The number of nitrogens with one attached hydrogen (secondary N) is 1. The second-order valence-electron chi connectivity index (χ2n) is 7.19. The Morgan fingerprint density at radius 1 is 1.19 bits per heavy atom. The van der Waals surface area contributed by atoms with E-state index >= 15 is 0 Å². The van der Waals surface area contributed by atoms with Gasteiger partial charge in [0.05, 0.1) is 0 Å². The Morgan fingerprint density at radius 2 is 1.81 bits per heavy atom. The van der Waals surface area contributed by atoms with Gasteiger partial charge in [0, 0.05) is 11.6 Å². The molecule has 1 amide bonds. The van der Waals surface area contributed by atoms with Crippen LogP contribution in [-0.4, -0.2) is 18.5 Å². The molecule has 116 valence electrons. The third kappa shape index (κ3) is 4.07. The lowest BCUT2D eigenvalue weighted by Crippen LogP contribution is -2.44. The van der Waals surface area contributed by atoms with E-state index in [0.29, 0.717) is 12.5 Å². The summed E-state index contributed by atoms with van der Waals surface area (Å²) in [5.41, 5.74) is 7.93. The molecular weight excluding hydrogens is 260 g/mol. The summed E-state index contributed by atoms with van der Waals surface area (Å²) in [5.74, 6) is 0.456. The highest BCUT2D eigenvalue weighted by Crippen LogP contribution is 2.25. The van der Waals surface area contributed by atoms with Gasteiger partial charge in [-0.2, -0.15) is 0 Å². The third-order valence-corrected chi connectivity index (χ3v) is 4.54. The van der Waals surface area contributed by atoms with Crippen LogP contribution in [0, 0.1) is 5.92 Å². The molecule has 1 aromatic carbocycles. The van der Waals surface area contributed by atoms with Crippen LogP contribution >= 0.6 is 0 Å².